The molecule has 0 amide bonds. The molecule has 86 valence electrons. The highest BCUT2D eigenvalue weighted by Gasteiger charge is 2.25. The van der Waals surface area contributed by atoms with Crippen LogP contribution < -0.4 is 0 Å². The summed E-state index contributed by atoms with van der Waals surface area (Å²) >= 11 is 6.19. The van der Waals surface area contributed by atoms with Gasteiger partial charge in [-0.2, -0.15) is 0 Å². The van der Waals surface area contributed by atoms with Crippen molar-refractivity contribution in [3.63, 3.8) is 0 Å². The number of benzene rings is 1. The van der Waals surface area contributed by atoms with Gasteiger partial charge in [0, 0.05) is 11.4 Å². The molecule has 1 aromatic carbocycles. The normalized spacial score (nSPS) is 15.1. The highest BCUT2D eigenvalue weighted by Crippen LogP contribution is 2.43. The van der Waals surface area contributed by atoms with E-state index in [1.165, 1.54) is 18.4 Å². The molecule has 1 aliphatic rings. The Balaban J connectivity index is 1.95. The Kier molecular flexibility index (Phi) is 3.49. The molecule has 1 aliphatic carbocycles. The van der Waals surface area contributed by atoms with E-state index in [9.17, 15) is 4.79 Å². The van der Waals surface area contributed by atoms with E-state index in [2.05, 4.69) is 12.1 Å². The van der Waals surface area contributed by atoms with Crippen LogP contribution in [-0.4, -0.2) is 11.1 Å². The second-order valence-electron chi connectivity index (χ2n) is 4.38. The number of hydrogen-bond acceptors (Lipinski definition) is 1. The molecule has 0 bridgehead atoms. The van der Waals surface area contributed by atoms with Gasteiger partial charge in [-0.1, -0.05) is 23.7 Å². The number of aliphatic carboxylic acids is 1. The fourth-order valence-corrected chi connectivity index (χ4v) is 2.25. The van der Waals surface area contributed by atoms with E-state index in [1.807, 2.05) is 6.07 Å². The first-order valence-electron chi connectivity index (χ1n) is 5.67. The summed E-state index contributed by atoms with van der Waals surface area (Å²) in [7, 11) is 0. The third-order valence-electron chi connectivity index (χ3n) is 2.94. The molecule has 1 saturated carbocycles. The molecule has 16 heavy (non-hydrogen) atoms. The molecule has 1 fully saturated rings. The molecule has 1 N–H and O–H groups in total. The lowest BCUT2D eigenvalue weighted by atomic mass is 10.0. The second kappa shape index (κ2) is 4.88. The van der Waals surface area contributed by atoms with E-state index in [0.717, 1.165) is 17.0 Å². The maximum Gasteiger partial charge on any atom is 0.303 e. The summed E-state index contributed by atoms with van der Waals surface area (Å²) in [6.07, 6.45) is 4.18. The third kappa shape index (κ3) is 2.99. The molecule has 0 heterocycles. The number of rotatable bonds is 5. The molecule has 0 radical (unpaired) electrons. The van der Waals surface area contributed by atoms with Crippen molar-refractivity contribution in [1.82, 2.24) is 0 Å². The summed E-state index contributed by atoms with van der Waals surface area (Å²) in [6, 6.07) is 6.15. The quantitative estimate of drug-likeness (QED) is 0.851. The van der Waals surface area contributed by atoms with Crippen LogP contribution in [0, 0.1) is 0 Å². The van der Waals surface area contributed by atoms with Crippen LogP contribution in [0.15, 0.2) is 18.2 Å². The minimum absolute atomic E-state index is 0.224. The zero-order valence-electron chi connectivity index (χ0n) is 9.08. The molecule has 0 aromatic heterocycles. The maximum atomic E-state index is 10.4. The van der Waals surface area contributed by atoms with Gasteiger partial charge in [-0.15, -0.1) is 0 Å². The van der Waals surface area contributed by atoms with E-state index >= 15 is 0 Å². The van der Waals surface area contributed by atoms with E-state index in [4.69, 9.17) is 16.7 Å². The molecule has 2 rings (SSSR count). The first kappa shape index (κ1) is 11.5. The van der Waals surface area contributed by atoms with Crippen LogP contribution in [0.1, 0.15) is 42.7 Å². The Morgan fingerprint density at radius 1 is 1.44 bits per heavy atom. The molecule has 3 heteroatoms. The molecule has 2 nitrogen and oxygen atoms in total. The zero-order valence-corrected chi connectivity index (χ0v) is 9.83. The fourth-order valence-electron chi connectivity index (χ4n) is 1.90. The van der Waals surface area contributed by atoms with Gasteiger partial charge >= 0.3 is 5.97 Å². The first-order valence-corrected chi connectivity index (χ1v) is 6.04. The van der Waals surface area contributed by atoms with Crippen LogP contribution in [0.5, 0.6) is 0 Å². The molecule has 0 unspecified atom stereocenters. The lowest BCUT2D eigenvalue weighted by molar-refractivity contribution is -0.137. The van der Waals surface area contributed by atoms with Crippen molar-refractivity contribution in [3.05, 3.63) is 34.3 Å². The van der Waals surface area contributed by atoms with Crippen LogP contribution >= 0.6 is 11.6 Å². The molecular weight excluding hydrogens is 224 g/mol. The summed E-state index contributed by atoms with van der Waals surface area (Å²) in [4.78, 5) is 10.4. The van der Waals surface area contributed by atoms with Gasteiger partial charge in [-0.05, 0) is 48.8 Å². The van der Waals surface area contributed by atoms with Gasteiger partial charge in [-0.3, -0.25) is 4.79 Å². The third-order valence-corrected chi connectivity index (χ3v) is 3.27. The Bertz CT molecular complexity index is 397. The minimum Gasteiger partial charge on any atom is -0.481 e. The number of aryl methyl sites for hydroxylation is 1. The Morgan fingerprint density at radius 2 is 2.19 bits per heavy atom. The van der Waals surface area contributed by atoms with E-state index in [1.54, 1.807) is 0 Å². The van der Waals surface area contributed by atoms with Gasteiger partial charge in [-0.25, -0.2) is 0 Å². The van der Waals surface area contributed by atoms with Crippen molar-refractivity contribution in [2.45, 2.75) is 38.0 Å². The predicted octanol–water partition coefficient (Wildman–Crippen LogP) is 3.62. The molecule has 0 spiro atoms. The molecular formula is C13H15ClO2. The topological polar surface area (TPSA) is 37.3 Å². The van der Waals surface area contributed by atoms with Crippen molar-refractivity contribution < 1.29 is 9.90 Å². The highest BCUT2D eigenvalue weighted by molar-refractivity contribution is 6.31. The van der Waals surface area contributed by atoms with Crippen LogP contribution in [0.4, 0.5) is 0 Å². The minimum atomic E-state index is -0.735. The van der Waals surface area contributed by atoms with Gasteiger partial charge in [0.2, 0.25) is 0 Å². The summed E-state index contributed by atoms with van der Waals surface area (Å²) in [5.41, 5.74) is 2.39. The van der Waals surface area contributed by atoms with Crippen molar-refractivity contribution in [3.8, 4) is 0 Å². The van der Waals surface area contributed by atoms with Gasteiger partial charge in [0.15, 0.2) is 0 Å². The van der Waals surface area contributed by atoms with Gasteiger partial charge < -0.3 is 5.11 Å². The Labute approximate surface area is 100 Å². The monoisotopic (exact) mass is 238 g/mol. The van der Waals surface area contributed by atoms with Crippen LogP contribution in [-0.2, 0) is 11.2 Å². The molecule has 0 atom stereocenters. The smallest absolute Gasteiger partial charge is 0.303 e. The SMILES string of the molecule is O=C(O)CCCc1ccc(C2CC2)c(Cl)c1. The summed E-state index contributed by atoms with van der Waals surface area (Å²) in [6.45, 7) is 0. The summed E-state index contributed by atoms with van der Waals surface area (Å²) < 4.78 is 0. The molecule has 0 saturated heterocycles. The number of halogens is 1. The largest absolute Gasteiger partial charge is 0.481 e. The van der Waals surface area contributed by atoms with Crippen LogP contribution in [0.3, 0.4) is 0 Å². The van der Waals surface area contributed by atoms with E-state index < -0.39 is 5.97 Å². The van der Waals surface area contributed by atoms with Crippen molar-refractivity contribution >= 4 is 17.6 Å². The fraction of sp³-hybridized carbons (Fsp3) is 0.462. The van der Waals surface area contributed by atoms with Gasteiger partial charge in [0.25, 0.3) is 0 Å². The first-order chi connectivity index (χ1) is 7.66. The van der Waals surface area contributed by atoms with E-state index in [-0.39, 0.29) is 6.42 Å². The number of carbonyl (C=O) groups is 1. The van der Waals surface area contributed by atoms with Crippen molar-refractivity contribution in [1.29, 1.82) is 0 Å². The Hall–Kier alpha value is -1.02. The summed E-state index contributed by atoms with van der Waals surface area (Å²) in [5, 5.41) is 9.39. The van der Waals surface area contributed by atoms with Crippen molar-refractivity contribution in [2.24, 2.45) is 0 Å². The average Bonchev–Trinajstić information content (AvgIpc) is 3.01. The van der Waals surface area contributed by atoms with Gasteiger partial charge in [0.05, 0.1) is 0 Å². The maximum absolute atomic E-state index is 10.4. The van der Waals surface area contributed by atoms with Crippen LogP contribution in [0.2, 0.25) is 5.02 Å². The second-order valence-corrected chi connectivity index (χ2v) is 4.78. The van der Waals surface area contributed by atoms with Crippen LogP contribution in [0.25, 0.3) is 0 Å². The zero-order chi connectivity index (χ0) is 11.5. The number of carboxylic acid groups (broad SMARTS) is 1. The van der Waals surface area contributed by atoms with E-state index in [0.29, 0.717) is 12.3 Å². The Morgan fingerprint density at radius 3 is 2.75 bits per heavy atom. The molecule has 0 aliphatic heterocycles. The van der Waals surface area contributed by atoms with Gasteiger partial charge in [0.1, 0.15) is 0 Å². The highest BCUT2D eigenvalue weighted by atomic mass is 35.5. The average molecular weight is 239 g/mol. The standard InChI is InChI=1S/C13H15ClO2/c14-12-8-9(2-1-3-13(15)16)4-7-11(12)10-5-6-10/h4,7-8,10H,1-3,5-6H2,(H,15,16). The van der Waals surface area contributed by atoms with Crippen molar-refractivity contribution in [2.75, 3.05) is 0 Å². The summed E-state index contributed by atoms with van der Waals surface area (Å²) in [5.74, 6) is -0.0683. The molecule has 1 aromatic rings. The number of hydrogen-bond donors (Lipinski definition) is 1. The lowest BCUT2D eigenvalue weighted by Gasteiger charge is -2.05. The number of carboxylic acids is 1. The lowest BCUT2D eigenvalue weighted by Crippen LogP contribution is -1.96. The predicted molar refractivity (Wildman–Crippen MR) is 64.0 cm³/mol.